The first-order valence-corrected chi connectivity index (χ1v) is 8.71. The highest BCUT2D eigenvalue weighted by molar-refractivity contribution is 6.04. The molecule has 0 bridgehead atoms. The van der Waals surface area contributed by atoms with Gasteiger partial charge in [-0.15, -0.1) is 0 Å². The molecule has 0 saturated heterocycles. The van der Waals surface area contributed by atoms with Crippen molar-refractivity contribution in [1.29, 1.82) is 0 Å². The lowest BCUT2D eigenvalue weighted by Crippen LogP contribution is -2.45. The average molecular weight is 384 g/mol. The van der Waals surface area contributed by atoms with Gasteiger partial charge in [-0.3, -0.25) is 14.9 Å². The van der Waals surface area contributed by atoms with Crippen LogP contribution >= 0.6 is 0 Å². The molecule has 2 rings (SSSR count). The Balaban J connectivity index is 2.12. The van der Waals surface area contributed by atoms with E-state index in [0.29, 0.717) is 28.7 Å². The second kappa shape index (κ2) is 8.22. The third kappa shape index (κ3) is 5.92. The second-order valence-electron chi connectivity index (χ2n) is 7.47. The first-order chi connectivity index (χ1) is 13.0. The highest BCUT2D eigenvalue weighted by atomic mass is 16.6. The molecule has 0 aliphatic carbocycles. The summed E-state index contributed by atoms with van der Waals surface area (Å²) in [7, 11) is 0. The Hall–Kier alpha value is -3.19. The predicted octanol–water partition coefficient (Wildman–Crippen LogP) is 3.44. The van der Waals surface area contributed by atoms with Crippen molar-refractivity contribution >= 4 is 24.0 Å². The van der Waals surface area contributed by atoms with Crippen molar-refractivity contribution in [2.75, 3.05) is 5.32 Å². The van der Waals surface area contributed by atoms with E-state index in [4.69, 9.17) is 4.74 Å². The number of hydrogen-bond donors (Lipinski definition) is 3. The highest BCUT2D eigenvalue weighted by Gasteiger charge is 2.28. The van der Waals surface area contributed by atoms with E-state index < -0.39 is 17.4 Å². The van der Waals surface area contributed by atoms with E-state index in [0.717, 1.165) is 0 Å². The highest BCUT2D eigenvalue weighted by Crippen LogP contribution is 2.22. The number of amides is 2. The molecule has 2 amide bonds. The molecule has 7 heteroatoms. The van der Waals surface area contributed by atoms with Gasteiger partial charge in [0.15, 0.2) is 5.72 Å². The predicted molar refractivity (Wildman–Crippen MR) is 105 cm³/mol. The summed E-state index contributed by atoms with van der Waals surface area (Å²) in [6.45, 7) is 6.58. The van der Waals surface area contributed by atoms with Gasteiger partial charge in [-0.25, -0.2) is 4.79 Å². The molecule has 0 heterocycles. The van der Waals surface area contributed by atoms with Crippen LogP contribution in [0.5, 0.6) is 0 Å². The van der Waals surface area contributed by atoms with Gasteiger partial charge in [0.05, 0.1) is 0 Å². The van der Waals surface area contributed by atoms with Gasteiger partial charge in [-0.2, -0.15) is 0 Å². The summed E-state index contributed by atoms with van der Waals surface area (Å²) in [5.74, 6) is -0.366. The van der Waals surface area contributed by atoms with E-state index in [1.165, 1.54) is 6.92 Å². The summed E-state index contributed by atoms with van der Waals surface area (Å²) in [4.78, 5) is 35.0. The van der Waals surface area contributed by atoms with Crippen molar-refractivity contribution in [3.05, 3.63) is 65.2 Å². The van der Waals surface area contributed by atoms with E-state index in [1.54, 1.807) is 69.3 Å². The van der Waals surface area contributed by atoms with Crippen molar-refractivity contribution in [2.45, 2.75) is 39.0 Å². The van der Waals surface area contributed by atoms with Gasteiger partial charge in [0.1, 0.15) is 11.9 Å². The zero-order valence-electron chi connectivity index (χ0n) is 16.3. The quantitative estimate of drug-likeness (QED) is 0.541. The standard InChI is InChI=1S/C21H24N2O5/c1-20(2,3)28-19(26)23-21(4,27)16-6-5-7-17(12-16)22-18(25)15-10-8-14(13-24)9-11-15/h5-13,27H,1-4H3,(H,22,25)(H,23,26). The number of carbonyl (C=O) groups excluding carboxylic acids is 3. The lowest BCUT2D eigenvalue weighted by atomic mass is 10.0. The maximum atomic E-state index is 12.4. The van der Waals surface area contributed by atoms with Crippen LogP contribution in [0.25, 0.3) is 0 Å². The van der Waals surface area contributed by atoms with E-state index in [9.17, 15) is 19.5 Å². The summed E-state index contributed by atoms with van der Waals surface area (Å²) in [5, 5.41) is 15.7. The van der Waals surface area contributed by atoms with Crippen LogP contribution in [0.1, 0.15) is 54.0 Å². The number of alkyl carbamates (subject to hydrolysis) is 1. The number of benzene rings is 2. The zero-order chi connectivity index (χ0) is 20.9. The van der Waals surface area contributed by atoms with Gasteiger partial charge < -0.3 is 15.2 Å². The Bertz CT molecular complexity index is 867. The molecule has 148 valence electrons. The maximum absolute atomic E-state index is 12.4. The Morgan fingerprint density at radius 2 is 1.68 bits per heavy atom. The smallest absolute Gasteiger partial charge is 0.410 e. The first-order valence-electron chi connectivity index (χ1n) is 8.71. The number of aldehydes is 1. The largest absolute Gasteiger partial charge is 0.444 e. The molecule has 0 aliphatic rings. The van der Waals surface area contributed by atoms with Gasteiger partial charge in [-0.1, -0.05) is 24.3 Å². The van der Waals surface area contributed by atoms with Crippen LogP contribution in [0.2, 0.25) is 0 Å². The number of nitrogens with one attached hydrogen (secondary N) is 2. The van der Waals surface area contributed by atoms with Crippen molar-refractivity contribution in [2.24, 2.45) is 0 Å². The summed E-state index contributed by atoms with van der Waals surface area (Å²) in [6, 6.07) is 12.7. The molecule has 2 aromatic rings. The van der Waals surface area contributed by atoms with Crippen molar-refractivity contribution in [3.63, 3.8) is 0 Å². The number of ether oxygens (including phenoxy) is 1. The van der Waals surface area contributed by atoms with Crippen LogP contribution in [0.4, 0.5) is 10.5 Å². The molecular formula is C21H24N2O5. The minimum atomic E-state index is -1.70. The molecule has 0 aromatic heterocycles. The molecule has 0 fully saturated rings. The van der Waals surface area contributed by atoms with Crippen LogP contribution in [-0.4, -0.2) is 29.0 Å². The molecule has 28 heavy (non-hydrogen) atoms. The Kier molecular flexibility index (Phi) is 6.20. The fourth-order valence-electron chi connectivity index (χ4n) is 2.39. The van der Waals surface area contributed by atoms with Crippen molar-refractivity contribution in [1.82, 2.24) is 5.32 Å². The molecule has 3 N–H and O–H groups in total. The lowest BCUT2D eigenvalue weighted by Gasteiger charge is -2.28. The maximum Gasteiger partial charge on any atom is 0.410 e. The SMILES string of the molecule is CC(C)(C)OC(=O)NC(C)(O)c1cccc(NC(=O)c2ccc(C=O)cc2)c1. The monoisotopic (exact) mass is 384 g/mol. The Morgan fingerprint density at radius 1 is 1.04 bits per heavy atom. The topological polar surface area (TPSA) is 105 Å². The molecule has 0 saturated carbocycles. The normalized spacial score (nSPS) is 13.2. The van der Waals surface area contributed by atoms with Crippen LogP contribution in [0, 0.1) is 0 Å². The summed E-state index contributed by atoms with van der Waals surface area (Å²) >= 11 is 0. The van der Waals surface area contributed by atoms with Crippen LogP contribution in [0.3, 0.4) is 0 Å². The third-order valence-electron chi connectivity index (χ3n) is 3.74. The van der Waals surface area contributed by atoms with Gasteiger partial charge in [0.25, 0.3) is 5.91 Å². The summed E-state index contributed by atoms with van der Waals surface area (Å²) in [5.41, 5.74) is -0.734. The number of hydrogen-bond acceptors (Lipinski definition) is 5. The van der Waals surface area contributed by atoms with Gasteiger partial charge in [-0.05, 0) is 52.0 Å². The minimum absolute atomic E-state index is 0.366. The average Bonchev–Trinajstić information content (AvgIpc) is 2.60. The fraction of sp³-hybridized carbons (Fsp3) is 0.286. The lowest BCUT2D eigenvalue weighted by molar-refractivity contribution is -0.00544. The number of anilines is 1. The van der Waals surface area contributed by atoms with Crippen molar-refractivity contribution in [3.8, 4) is 0 Å². The van der Waals surface area contributed by atoms with Gasteiger partial charge in [0.2, 0.25) is 0 Å². The number of carbonyl (C=O) groups is 3. The number of aliphatic hydroxyl groups is 1. The van der Waals surface area contributed by atoms with E-state index >= 15 is 0 Å². The first kappa shape index (κ1) is 21.1. The fourth-order valence-corrected chi connectivity index (χ4v) is 2.39. The Morgan fingerprint density at radius 3 is 2.25 bits per heavy atom. The van der Waals surface area contributed by atoms with E-state index in [-0.39, 0.29) is 5.91 Å². The molecule has 7 nitrogen and oxygen atoms in total. The Labute approximate surface area is 163 Å². The zero-order valence-corrected chi connectivity index (χ0v) is 16.3. The van der Waals surface area contributed by atoms with E-state index in [2.05, 4.69) is 10.6 Å². The second-order valence-corrected chi connectivity index (χ2v) is 7.47. The van der Waals surface area contributed by atoms with Gasteiger partial charge >= 0.3 is 6.09 Å². The molecule has 1 atom stereocenters. The molecule has 0 spiro atoms. The van der Waals surface area contributed by atoms with Crippen molar-refractivity contribution < 1.29 is 24.2 Å². The summed E-state index contributed by atoms with van der Waals surface area (Å²) < 4.78 is 5.16. The molecular weight excluding hydrogens is 360 g/mol. The molecule has 1 unspecified atom stereocenters. The number of rotatable bonds is 5. The van der Waals surface area contributed by atoms with E-state index in [1.807, 2.05) is 0 Å². The molecule has 2 aromatic carbocycles. The molecule has 0 aliphatic heterocycles. The van der Waals surface area contributed by atoms with Crippen LogP contribution < -0.4 is 10.6 Å². The minimum Gasteiger partial charge on any atom is -0.444 e. The van der Waals surface area contributed by atoms with Gasteiger partial charge in [0, 0.05) is 22.4 Å². The van der Waals surface area contributed by atoms with Crippen LogP contribution in [0.15, 0.2) is 48.5 Å². The molecule has 0 radical (unpaired) electrons. The third-order valence-corrected chi connectivity index (χ3v) is 3.74. The summed E-state index contributed by atoms with van der Waals surface area (Å²) in [6.07, 6.45) is -0.0625. The van der Waals surface area contributed by atoms with Crippen LogP contribution in [-0.2, 0) is 10.5 Å².